The van der Waals surface area contributed by atoms with Crippen molar-refractivity contribution in [2.45, 2.75) is 25.7 Å². The minimum absolute atomic E-state index is 0.701. The average molecular weight is 231 g/mol. The molecular weight excluding hydrogens is 210 g/mol. The van der Waals surface area contributed by atoms with E-state index in [2.05, 4.69) is 5.32 Å². The van der Waals surface area contributed by atoms with E-state index in [0.29, 0.717) is 5.41 Å². The molecule has 92 valence electrons. The standard InChI is InChI=1S/C15H21NO/c1-2-4-14(5-3-1)17-11-10-16-12-15(8-9-15)13-6-7-13/h1-5,13,16H,6-12H2. The van der Waals surface area contributed by atoms with Crippen LogP contribution in [-0.4, -0.2) is 19.7 Å². The third-order valence-corrected chi connectivity index (χ3v) is 4.10. The molecule has 0 unspecified atom stereocenters. The Morgan fingerprint density at radius 1 is 1.18 bits per heavy atom. The van der Waals surface area contributed by atoms with Crippen LogP contribution in [0, 0.1) is 11.3 Å². The fraction of sp³-hybridized carbons (Fsp3) is 0.600. The summed E-state index contributed by atoms with van der Waals surface area (Å²) >= 11 is 0. The normalized spacial score (nSPS) is 21.2. The van der Waals surface area contributed by atoms with Gasteiger partial charge in [-0.3, -0.25) is 0 Å². The van der Waals surface area contributed by atoms with Gasteiger partial charge < -0.3 is 10.1 Å². The molecule has 0 saturated heterocycles. The number of para-hydroxylation sites is 1. The third kappa shape index (κ3) is 2.81. The second kappa shape index (κ2) is 4.69. The summed E-state index contributed by atoms with van der Waals surface area (Å²) < 4.78 is 5.65. The summed E-state index contributed by atoms with van der Waals surface area (Å²) in [6.45, 7) is 2.93. The highest BCUT2D eigenvalue weighted by molar-refractivity contribution is 5.20. The van der Waals surface area contributed by atoms with Gasteiger partial charge in [0.2, 0.25) is 0 Å². The van der Waals surface area contributed by atoms with Crippen molar-refractivity contribution >= 4 is 0 Å². The molecule has 17 heavy (non-hydrogen) atoms. The van der Waals surface area contributed by atoms with E-state index in [1.54, 1.807) is 0 Å². The van der Waals surface area contributed by atoms with Crippen LogP contribution < -0.4 is 10.1 Å². The molecule has 2 aliphatic carbocycles. The van der Waals surface area contributed by atoms with Gasteiger partial charge in [-0.05, 0) is 49.1 Å². The number of ether oxygens (including phenoxy) is 1. The number of hydrogen-bond donors (Lipinski definition) is 1. The predicted molar refractivity (Wildman–Crippen MR) is 69.2 cm³/mol. The monoisotopic (exact) mass is 231 g/mol. The molecule has 2 fully saturated rings. The maximum absolute atomic E-state index is 5.65. The lowest BCUT2D eigenvalue weighted by atomic mass is 10.0. The molecule has 2 aliphatic rings. The molecule has 0 spiro atoms. The van der Waals surface area contributed by atoms with Gasteiger partial charge in [0.15, 0.2) is 0 Å². The van der Waals surface area contributed by atoms with Crippen LogP contribution in [0.25, 0.3) is 0 Å². The van der Waals surface area contributed by atoms with E-state index in [4.69, 9.17) is 4.74 Å². The number of rotatable bonds is 7. The van der Waals surface area contributed by atoms with E-state index in [-0.39, 0.29) is 0 Å². The Hall–Kier alpha value is -1.02. The molecular formula is C15H21NO. The van der Waals surface area contributed by atoms with Crippen molar-refractivity contribution in [2.75, 3.05) is 19.7 Å². The lowest BCUT2D eigenvalue weighted by molar-refractivity contribution is 0.302. The molecule has 2 nitrogen and oxygen atoms in total. The van der Waals surface area contributed by atoms with Crippen LogP contribution in [0.15, 0.2) is 30.3 Å². The first-order valence-electron chi connectivity index (χ1n) is 6.78. The summed E-state index contributed by atoms with van der Waals surface area (Å²) in [6.07, 6.45) is 5.85. The molecule has 3 rings (SSSR count). The zero-order valence-corrected chi connectivity index (χ0v) is 10.3. The second-order valence-electron chi connectivity index (χ2n) is 5.47. The van der Waals surface area contributed by atoms with Crippen LogP contribution in [0.2, 0.25) is 0 Å². The highest BCUT2D eigenvalue weighted by atomic mass is 16.5. The largest absolute Gasteiger partial charge is 0.492 e. The third-order valence-electron chi connectivity index (χ3n) is 4.10. The van der Waals surface area contributed by atoms with E-state index in [1.807, 2.05) is 30.3 Å². The van der Waals surface area contributed by atoms with Gasteiger partial charge in [0, 0.05) is 13.1 Å². The zero-order chi connectivity index (χ0) is 11.6. The van der Waals surface area contributed by atoms with Crippen LogP contribution in [0.5, 0.6) is 5.75 Å². The zero-order valence-electron chi connectivity index (χ0n) is 10.3. The Morgan fingerprint density at radius 2 is 1.94 bits per heavy atom. The van der Waals surface area contributed by atoms with Crippen molar-refractivity contribution in [1.29, 1.82) is 0 Å². The molecule has 1 N–H and O–H groups in total. The minimum Gasteiger partial charge on any atom is -0.492 e. The summed E-state index contributed by atoms with van der Waals surface area (Å²) in [5.41, 5.74) is 0.701. The van der Waals surface area contributed by atoms with Crippen molar-refractivity contribution in [3.8, 4) is 5.75 Å². The highest BCUT2D eigenvalue weighted by Gasteiger charge is 2.52. The summed E-state index contributed by atoms with van der Waals surface area (Å²) in [6, 6.07) is 10.0. The molecule has 0 aromatic heterocycles. The number of hydrogen-bond acceptors (Lipinski definition) is 2. The maximum atomic E-state index is 5.65. The van der Waals surface area contributed by atoms with Crippen LogP contribution in [0.3, 0.4) is 0 Å². The molecule has 0 heterocycles. The fourth-order valence-electron chi connectivity index (χ4n) is 2.68. The van der Waals surface area contributed by atoms with Gasteiger partial charge in [0.1, 0.15) is 12.4 Å². The molecule has 2 saturated carbocycles. The van der Waals surface area contributed by atoms with Gasteiger partial charge in [-0.25, -0.2) is 0 Å². The fourth-order valence-corrected chi connectivity index (χ4v) is 2.68. The van der Waals surface area contributed by atoms with E-state index < -0.39 is 0 Å². The minimum atomic E-state index is 0.701. The Bertz CT molecular complexity index is 354. The lowest BCUT2D eigenvalue weighted by Crippen LogP contribution is -2.29. The first-order chi connectivity index (χ1) is 8.39. The van der Waals surface area contributed by atoms with Crippen LogP contribution in [0.4, 0.5) is 0 Å². The van der Waals surface area contributed by atoms with E-state index in [1.165, 1.54) is 32.2 Å². The Balaban J connectivity index is 1.31. The summed E-state index contributed by atoms with van der Waals surface area (Å²) in [7, 11) is 0. The smallest absolute Gasteiger partial charge is 0.119 e. The van der Waals surface area contributed by atoms with Crippen molar-refractivity contribution in [2.24, 2.45) is 11.3 Å². The second-order valence-corrected chi connectivity index (χ2v) is 5.47. The van der Waals surface area contributed by atoms with Gasteiger partial charge in [-0.2, -0.15) is 0 Å². The number of nitrogens with one attached hydrogen (secondary N) is 1. The van der Waals surface area contributed by atoms with Gasteiger partial charge in [-0.15, -0.1) is 0 Å². The van der Waals surface area contributed by atoms with Crippen LogP contribution in [-0.2, 0) is 0 Å². The predicted octanol–water partition coefficient (Wildman–Crippen LogP) is 2.85. The summed E-state index contributed by atoms with van der Waals surface area (Å²) in [5.74, 6) is 2.02. The molecule has 0 radical (unpaired) electrons. The Labute approximate surface area is 103 Å². The van der Waals surface area contributed by atoms with Crippen LogP contribution >= 0.6 is 0 Å². The van der Waals surface area contributed by atoms with Crippen molar-refractivity contribution in [1.82, 2.24) is 5.32 Å². The molecule has 0 atom stereocenters. The molecule has 1 aromatic rings. The first-order valence-corrected chi connectivity index (χ1v) is 6.78. The van der Waals surface area contributed by atoms with Gasteiger partial charge in [0.25, 0.3) is 0 Å². The molecule has 0 bridgehead atoms. The quantitative estimate of drug-likeness (QED) is 0.729. The van der Waals surface area contributed by atoms with E-state index in [0.717, 1.165) is 24.8 Å². The molecule has 2 heteroatoms. The van der Waals surface area contributed by atoms with E-state index in [9.17, 15) is 0 Å². The van der Waals surface area contributed by atoms with Crippen molar-refractivity contribution in [3.63, 3.8) is 0 Å². The van der Waals surface area contributed by atoms with Crippen molar-refractivity contribution < 1.29 is 4.74 Å². The molecule has 0 aliphatic heterocycles. The summed E-state index contributed by atoms with van der Waals surface area (Å²) in [5, 5.41) is 3.55. The molecule has 1 aromatic carbocycles. The lowest BCUT2D eigenvalue weighted by Gasteiger charge is -2.15. The first kappa shape index (κ1) is 11.1. The topological polar surface area (TPSA) is 21.3 Å². The Kier molecular flexibility index (Phi) is 3.06. The number of benzene rings is 1. The van der Waals surface area contributed by atoms with E-state index >= 15 is 0 Å². The van der Waals surface area contributed by atoms with Gasteiger partial charge in [0.05, 0.1) is 0 Å². The maximum Gasteiger partial charge on any atom is 0.119 e. The average Bonchev–Trinajstić information content (AvgIpc) is 3.23. The highest BCUT2D eigenvalue weighted by Crippen LogP contribution is 2.60. The van der Waals surface area contributed by atoms with Gasteiger partial charge >= 0.3 is 0 Å². The SMILES string of the molecule is c1ccc(OCCNCC2(C3CC3)CC2)cc1. The molecule has 0 amide bonds. The summed E-state index contributed by atoms with van der Waals surface area (Å²) in [4.78, 5) is 0. The van der Waals surface area contributed by atoms with Crippen LogP contribution in [0.1, 0.15) is 25.7 Å². The van der Waals surface area contributed by atoms with Gasteiger partial charge in [-0.1, -0.05) is 18.2 Å². The van der Waals surface area contributed by atoms with Crippen molar-refractivity contribution in [3.05, 3.63) is 30.3 Å². The Morgan fingerprint density at radius 3 is 2.59 bits per heavy atom.